The Morgan fingerprint density at radius 2 is 1.97 bits per heavy atom. The number of piperidine rings is 1. The van der Waals surface area contributed by atoms with Crippen LogP contribution in [0.2, 0.25) is 5.02 Å². The van der Waals surface area contributed by atoms with Crippen molar-refractivity contribution in [3.63, 3.8) is 0 Å². The molecule has 1 amide bonds. The van der Waals surface area contributed by atoms with Gasteiger partial charge in [-0.05, 0) is 72.9 Å². The molecule has 1 aliphatic carbocycles. The van der Waals surface area contributed by atoms with Crippen molar-refractivity contribution in [1.29, 1.82) is 0 Å². The molecule has 0 radical (unpaired) electrons. The van der Waals surface area contributed by atoms with E-state index in [-0.39, 0.29) is 17.9 Å². The maximum Gasteiger partial charge on any atom is 0.246 e. The summed E-state index contributed by atoms with van der Waals surface area (Å²) in [5.41, 5.74) is 4.84. The molecule has 1 heterocycles. The molecule has 2 aromatic carbocycles. The minimum absolute atomic E-state index is 0.0318. The fourth-order valence-electron chi connectivity index (χ4n) is 5.19. The third-order valence-corrected chi connectivity index (χ3v) is 7.07. The number of likely N-dealkylation sites (tertiary alicyclic amines) is 1. The number of carbonyl (C=O) groups excluding carboxylic acids is 1. The second-order valence-corrected chi connectivity index (χ2v) is 8.82. The molecule has 152 valence electrons. The van der Waals surface area contributed by atoms with Crippen LogP contribution < -0.4 is 0 Å². The van der Waals surface area contributed by atoms with Gasteiger partial charge in [0.15, 0.2) is 0 Å². The van der Waals surface area contributed by atoms with Gasteiger partial charge in [0.2, 0.25) is 5.91 Å². The van der Waals surface area contributed by atoms with Crippen LogP contribution in [0, 0.1) is 6.92 Å². The van der Waals surface area contributed by atoms with Gasteiger partial charge < -0.3 is 10.0 Å². The van der Waals surface area contributed by atoms with Crippen LogP contribution in [0.25, 0.3) is 6.08 Å². The van der Waals surface area contributed by atoms with Gasteiger partial charge in [0.05, 0.1) is 0 Å². The van der Waals surface area contributed by atoms with Crippen molar-refractivity contribution in [2.24, 2.45) is 0 Å². The van der Waals surface area contributed by atoms with E-state index in [0.29, 0.717) is 5.92 Å². The molecule has 0 bridgehead atoms. The van der Waals surface area contributed by atoms with Gasteiger partial charge in [-0.3, -0.25) is 4.79 Å². The predicted molar refractivity (Wildman–Crippen MR) is 118 cm³/mol. The number of carbonyl (C=O) groups is 1. The largest absolute Gasteiger partial charge is 0.396 e. The lowest BCUT2D eigenvalue weighted by Crippen LogP contribution is -2.44. The lowest BCUT2D eigenvalue weighted by atomic mass is 9.73. The second-order valence-electron chi connectivity index (χ2n) is 8.41. The number of aliphatic hydroxyl groups excluding tert-OH is 1. The first-order chi connectivity index (χ1) is 14.0. The molecule has 4 rings (SSSR count). The predicted octanol–water partition coefficient (Wildman–Crippen LogP) is 5.09. The highest BCUT2D eigenvalue weighted by atomic mass is 35.5. The molecular formula is C25H28ClNO2. The number of halogens is 1. The molecule has 1 fully saturated rings. The highest BCUT2D eigenvalue weighted by molar-refractivity contribution is 6.31. The van der Waals surface area contributed by atoms with Gasteiger partial charge in [-0.1, -0.05) is 48.0 Å². The molecule has 1 N–H and O–H groups in total. The van der Waals surface area contributed by atoms with Gasteiger partial charge in [0.25, 0.3) is 0 Å². The Kier molecular flexibility index (Phi) is 5.80. The molecule has 29 heavy (non-hydrogen) atoms. The van der Waals surface area contributed by atoms with Crippen LogP contribution in [0.3, 0.4) is 0 Å². The van der Waals surface area contributed by atoms with Gasteiger partial charge in [-0.25, -0.2) is 0 Å². The molecular weight excluding hydrogens is 382 g/mol. The molecule has 1 saturated heterocycles. The van der Waals surface area contributed by atoms with Crippen LogP contribution in [0.4, 0.5) is 0 Å². The first-order valence-electron chi connectivity index (χ1n) is 10.5. The number of rotatable bonds is 4. The molecule has 3 nitrogen and oxygen atoms in total. The average Bonchev–Trinajstić information content (AvgIpc) is 3.02. The number of hydrogen-bond donors (Lipinski definition) is 1. The Morgan fingerprint density at radius 3 is 2.69 bits per heavy atom. The summed E-state index contributed by atoms with van der Waals surface area (Å²) >= 11 is 6.64. The quantitative estimate of drug-likeness (QED) is 0.714. The van der Waals surface area contributed by atoms with Gasteiger partial charge in [-0.15, -0.1) is 0 Å². The van der Waals surface area contributed by atoms with Crippen LogP contribution in [0.5, 0.6) is 0 Å². The third-order valence-electron chi connectivity index (χ3n) is 6.76. The molecule has 4 heteroatoms. The molecule has 0 aromatic heterocycles. The van der Waals surface area contributed by atoms with Crippen molar-refractivity contribution in [3.8, 4) is 0 Å². The highest BCUT2D eigenvalue weighted by Crippen LogP contribution is 2.54. The first-order valence-corrected chi connectivity index (χ1v) is 10.8. The van der Waals surface area contributed by atoms with E-state index in [1.807, 2.05) is 41.3 Å². The third kappa shape index (κ3) is 3.86. The van der Waals surface area contributed by atoms with E-state index in [1.54, 1.807) is 6.08 Å². The van der Waals surface area contributed by atoms with Gasteiger partial charge in [0.1, 0.15) is 0 Å². The van der Waals surface area contributed by atoms with Crippen LogP contribution in [0.15, 0.2) is 48.5 Å². The van der Waals surface area contributed by atoms with Crippen LogP contribution in [-0.2, 0) is 10.2 Å². The Bertz CT molecular complexity index is 928. The van der Waals surface area contributed by atoms with E-state index >= 15 is 0 Å². The maximum atomic E-state index is 12.7. The van der Waals surface area contributed by atoms with E-state index in [4.69, 9.17) is 11.6 Å². The summed E-state index contributed by atoms with van der Waals surface area (Å²) in [6.45, 7) is 3.74. The Balaban J connectivity index is 1.48. The Labute approximate surface area is 178 Å². The van der Waals surface area contributed by atoms with Crippen LogP contribution >= 0.6 is 11.6 Å². The zero-order valence-corrected chi connectivity index (χ0v) is 17.7. The van der Waals surface area contributed by atoms with Crippen molar-refractivity contribution >= 4 is 23.6 Å². The summed E-state index contributed by atoms with van der Waals surface area (Å²) < 4.78 is 0. The standard InChI is InChI=1S/C25H28ClNO2/c1-18-5-2-3-6-19(18)9-10-23(29)27-14-12-25(13-15-27)17-20(11-16-28)21-7-4-8-22(26)24(21)25/h2-10,20,28H,11-17H2,1H3/b10-9+. The van der Waals surface area contributed by atoms with Crippen molar-refractivity contribution in [3.05, 3.63) is 75.8 Å². The number of nitrogens with zero attached hydrogens (tertiary/aromatic N) is 1. The molecule has 1 unspecified atom stereocenters. The Morgan fingerprint density at radius 1 is 1.21 bits per heavy atom. The van der Waals surface area contributed by atoms with Crippen molar-refractivity contribution in [2.45, 2.75) is 43.9 Å². The fraction of sp³-hybridized carbons (Fsp3) is 0.400. The number of amides is 1. The topological polar surface area (TPSA) is 40.5 Å². The maximum absolute atomic E-state index is 12.7. The SMILES string of the molecule is Cc1ccccc1/C=C/C(=O)N1CCC2(CC1)CC(CCO)c1cccc(Cl)c12. The fourth-order valence-corrected chi connectivity index (χ4v) is 5.57. The highest BCUT2D eigenvalue weighted by Gasteiger charge is 2.46. The molecule has 1 aliphatic heterocycles. The van der Waals surface area contributed by atoms with Crippen LogP contribution in [0.1, 0.15) is 53.9 Å². The zero-order chi connectivity index (χ0) is 20.4. The lowest BCUT2D eigenvalue weighted by molar-refractivity contribution is -0.127. The normalized spacial score (nSPS) is 20.4. The zero-order valence-electron chi connectivity index (χ0n) is 16.9. The summed E-state index contributed by atoms with van der Waals surface area (Å²) in [6, 6.07) is 14.2. The molecule has 2 aromatic rings. The van der Waals surface area contributed by atoms with Gasteiger partial charge in [-0.2, -0.15) is 0 Å². The smallest absolute Gasteiger partial charge is 0.246 e. The Hall–Kier alpha value is -2.10. The van der Waals surface area contributed by atoms with E-state index in [0.717, 1.165) is 49.4 Å². The number of aryl methyl sites for hydroxylation is 1. The minimum Gasteiger partial charge on any atom is -0.396 e. The van der Waals surface area contributed by atoms with Crippen LogP contribution in [-0.4, -0.2) is 35.6 Å². The molecule has 1 atom stereocenters. The van der Waals surface area contributed by atoms with E-state index in [1.165, 1.54) is 16.7 Å². The second kappa shape index (κ2) is 8.33. The van der Waals surface area contributed by atoms with Crippen molar-refractivity contribution in [1.82, 2.24) is 4.90 Å². The van der Waals surface area contributed by atoms with Gasteiger partial charge >= 0.3 is 0 Å². The van der Waals surface area contributed by atoms with Gasteiger partial charge in [0, 0.05) is 36.2 Å². The van der Waals surface area contributed by atoms with Crippen molar-refractivity contribution < 1.29 is 9.90 Å². The number of fused-ring (bicyclic) bond motifs is 2. The average molecular weight is 410 g/mol. The van der Waals surface area contributed by atoms with E-state index in [9.17, 15) is 9.90 Å². The number of hydrogen-bond acceptors (Lipinski definition) is 2. The number of benzene rings is 2. The molecule has 0 saturated carbocycles. The van der Waals surface area contributed by atoms with Crippen molar-refractivity contribution in [2.75, 3.05) is 19.7 Å². The monoisotopic (exact) mass is 409 g/mol. The number of aliphatic hydroxyl groups is 1. The van der Waals surface area contributed by atoms with E-state index < -0.39 is 0 Å². The summed E-state index contributed by atoms with van der Waals surface area (Å²) in [6.07, 6.45) is 7.27. The lowest BCUT2D eigenvalue weighted by Gasteiger charge is -2.40. The summed E-state index contributed by atoms with van der Waals surface area (Å²) in [5.74, 6) is 0.435. The van der Waals surface area contributed by atoms with E-state index in [2.05, 4.69) is 19.1 Å². The molecule has 2 aliphatic rings. The summed E-state index contributed by atoms with van der Waals surface area (Å²) in [5, 5.41) is 10.3. The first kappa shape index (κ1) is 20.2. The summed E-state index contributed by atoms with van der Waals surface area (Å²) in [4.78, 5) is 14.7. The molecule has 1 spiro atoms. The summed E-state index contributed by atoms with van der Waals surface area (Å²) in [7, 11) is 0. The minimum atomic E-state index is 0.0318.